The van der Waals surface area contributed by atoms with Gasteiger partial charge in [-0.25, -0.2) is 0 Å². The topological polar surface area (TPSA) is 87.0 Å². The summed E-state index contributed by atoms with van der Waals surface area (Å²) >= 11 is 0. The largest absolute Gasteiger partial charge is 0.458 e. The predicted octanol–water partition coefficient (Wildman–Crippen LogP) is 2.70. The van der Waals surface area contributed by atoms with Gasteiger partial charge in [0.15, 0.2) is 5.41 Å². The monoisotopic (exact) mass is 418 g/mol. The Morgan fingerprint density at radius 2 is 1.38 bits per heavy atom. The van der Waals surface area contributed by atoms with Crippen molar-refractivity contribution in [3.63, 3.8) is 0 Å². The number of aliphatic hydroxyl groups is 3. The number of esters is 1. The van der Waals surface area contributed by atoms with Gasteiger partial charge in [-0.05, 0) is 36.5 Å². The van der Waals surface area contributed by atoms with E-state index in [1.165, 1.54) is 0 Å². The molecule has 3 N–H and O–H groups in total. The Morgan fingerprint density at radius 1 is 0.897 bits per heavy atom. The summed E-state index contributed by atoms with van der Waals surface area (Å²) in [4.78, 5) is 13.3. The molecule has 6 aliphatic rings. The van der Waals surface area contributed by atoms with E-state index in [1.54, 1.807) is 6.92 Å². The van der Waals surface area contributed by atoms with Crippen molar-refractivity contribution >= 4 is 5.97 Å². The minimum atomic E-state index is -4.73. The number of rotatable bonds is 2. The third-order valence-electron chi connectivity index (χ3n) is 9.09. The van der Waals surface area contributed by atoms with Gasteiger partial charge in [0.2, 0.25) is 0 Å². The molecule has 6 saturated carbocycles. The summed E-state index contributed by atoms with van der Waals surface area (Å²) in [6.07, 6.45) is -4.60. The van der Waals surface area contributed by atoms with E-state index in [9.17, 15) is 33.3 Å². The zero-order valence-electron chi connectivity index (χ0n) is 16.8. The first kappa shape index (κ1) is 20.1. The molecule has 6 aliphatic carbocycles. The van der Waals surface area contributed by atoms with Crippen LogP contribution in [0.15, 0.2) is 0 Å². The van der Waals surface area contributed by atoms with E-state index in [4.69, 9.17) is 4.74 Å². The molecule has 164 valence electrons. The highest BCUT2D eigenvalue weighted by Crippen LogP contribution is 2.68. The molecule has 0 saturated heterocycles. The molecule has 5 atom stereocenters. The number of fused-ring (bicyclic) bond motifs is 2. The minimum Gasteiger partial charge on any atom is -0.458 e. The number of ether oxygens (including phenoxy) is 1. The van der Waals surface area contributed by atoms with E-state index >= 15 is 0 Å². The lowest BCUT2D eigenvalue weighted by atomic mass is 9.48. The molecule has 0 aromatic carbocycles. The summed E-state index contributed by atoms with van der Waals surface area (Å²) in [5.41, 5.74) is -8.29. The average Bonchev–Trinajstić information content (AvgIpc) is 2.99. The molecule has 0 amide bonds. The van der Waals surface area contributed by atoms with E-state index in [1.807, 2.05) is 6.92 Å². The van der Waals surface area contributed by atoms with Crippen molar-refractivity contribution in [1.29, 1.82) is 0 Å². The van der Waals surface area contributed by atoms with Crippen LogP contribution < -0.4 is 0 Å². The van der Waals surface area contributed by atoms with Crippen LogP contribution in [0.1, 0.15) is 65.2 Å². The molecule has 0 aromatic rings. The molecule has 6 rings (SSSR count). The lowest BCUT2D eigenvalue weighted by Gasteiger charge is -2.65. The molecule has 6 fully saturated rings. The molecule has 0 spiro atoms. The van der Waals surface area contributed by atoms with Crippen LogP contribution >= 0.6 is 0 Å². The normalized spacial score (nSPS) is 58.1. The highest BCUT2D eigenvalue weighted by atomic mass is 19.4. The van der Waals surface area contributed by atoms with Crippen molar-refractivity contribution in [1.82, 2.24) is 0 Å². The summed E-state index contributed by atoms with van der Waals surface area (Å²) in [5, 5.41) is 32.5. The van der Waals surface area contributed by atoms with Crippen LogP contribution in [0.2, 0.25) is 0 Å². The Hall–Kier alpha value is -0.860. The lowest BCUT2D eigenvalue weighted by Crippen LogP contribution is -2.73. The second-order valence-corrected chi connectivity index (χ2v) is 11.3. The maximum absolute atomic E-state index is 14.4. The second-order valence-electron chi connectivity index (χ2n) is 11.3. The van der Waals surface area contributed by atoms with Crippen LogP contribution in [0, 0.1) is 29.1 Å². The summed E-state index contributed by atoms with van der Waals surface area (Å²) in [7, 11) is 0. The third-order valence-corrected chi connectivity index (χ3v) is 9.09. The first-order chi connectivity index (χ1) is 13.1. The van der Waals surface area contributed by atoms with Crippen LogP contribution in [-0.4, -0.2) is 49.9 Å². The van der Waals surface area contributed by atoms with E-state index in [-0.39, 0.29) is 62.7 Å². The molecule has 0 radical (unpaired) electrons. The Bertz CT molecular complexity index is 710. The number of alkyl halides is 3. The molecule has 6 bridgehead atoms. The van der Waals surface area contributed by atoms with Crippen molar-refractivity contribution in [3.8, 4) is 0 Å². The van der Waals surface area contributed by atoms with Gasteiger partial charge in [0.05, 0.1) is 16.8 Å². The molecule has 29 heavy (non-hydrogen) atoms. The van der Waals surface area contributed by atoms with Crippen LogP contribution in [0.5, 0.6) is 0 Å². The van der Waals surface area contributed by atoms with Gasteiger partial charge in [-0.3, -0.25) is 4.79 Å². The van der Waals surface area contributed by atoms with E-state index in [0.717, 1.165) is 0 Å². The van der Waals surface area contributed by atoms with E-state index < -0.39 is 45.9 Å². The van der Waals surface area contributed by atoms with Gasteiger partial charge >= 0.3 is 12.1 Å². The number of hydrogen-bond donors (Lipinski definition) is 3. The van der Waals surface area contributed by atoms with Gasteiger partial charge in [0.25, 0.3) is 0 Å². The molecule has 5 unspecified atom stereocenters. The fourth-order valence-electron chi connectivity index (χ4n) is 8.49. The van der Waals surface area contributed by atoms with Crippen LogP contribution in [0.25, 0.3) is 0 Å². The third kappa shape index (κ3) is 2.54. The fourth-order valence-corrected chi connectivity index (χ4v) is 8.49. The van der Waals surface area contributed by atoms with Crippen molar-refractivity contribution in [3.05, 3.63) is 0 Å². The molecule has 5 nitrogen and oxygen atoms in total. The quantitative estimate of drug-likeness (QED) is 0.601. The lowest BCUT2D eigenvalue weighted by molar-refractivity contribution is -0.311. The fraction of sp³-hybridized carbons (Fsp3) is 0.952. The average molecular weight is 418 g/mol. The smallest absolute Gasteiger partial charge is 0.405 e. The number of carbonyl (C=O) groups excluding carboxylic acids is 1. The van der Waals surface area contributed by atoms with Gasteiger partial charge in [-0.15, -0.1) is 0 Å². The maximum Gasteiger partial charge on any atom is 0.405 e. The van der Waals surface area contributed by atoms with E-state index in [0.29, 0.717) is 6.42 Å². The number of carbonyl (C=O) groups is 1. The highest BCUT2D eigenvalue weighted by Gasteiger charge is 2.75. The van der Waals surface area contributed by atoms with Crippen molar-refractivity contribution in [2.45, 2.75) is 93.8 Å². The van der Waals surface area contributed by atoms with Crippen molar-refractivity contribution < 1.29 is 38.0 Å². The summed E-state index contributed by atoms with van der Waals surface area (Å²) in [6, 6.07) is 0. The van der Waals surface area contributed by atoms with Gasteiger partial charge in [0, 0.05) is 38.5 Å². The van der Waals surface area contributed by atoms with Crippen LogP contribution in [0.4, 0.5) is 13.2 Å². The molecular formula is C21H29F3O5. The molecule has 0 aliphatic heterocycles. The van der Waals surface area contributed by atoms with Crippen LogP contribution in [-0.2, 0) is 9.53 Å². The van der Waals surface area contributed by atoms with Crippen molar-refractivity contribution in [2.24, 2.45) is 29.1 Å². The zero-order chi connectivity index (χ0) is 21.3. The predicted molar refractivity (Wildman–Crippen MR) is 94.4 cm³/mol. The summed E-state index contributed by atoms with van der Waals surface area (Å²) < 4.78 is 48.7. The highest BCUT2D eigenvalue weighted by molar-refractivity contribution is 5.80. The van der Waals surface area contributed by atoms with Gasteiger partial charge in [-0.1, -0.05) is 13.8 Å². The Balaban J connectivity index is 1.50. The first-order valence-electron chi connectivity index (χ1n) is 10.6. The van der Waals surface area contributed by atoms with Gasteiger partial charge < -0.3 is 20.1 Å². The standard InChI is InChI=1S/C21H29F3O5/c1-11-12(2)14-3-13(11)4-20(14,21(22,23)24)15(25)29-19-8-16(26)5-17(27,9-19)7-18(28,6-16)10-19/h11-14,26-28H,3-10H2,1-2H3. The Kier molecular flexibility index (Phi) is 3.67. The Labute approximate surface area is 167 Å². The summed E-state index contributed by atoms with van der Waals surface area (Å²) in [5.74, 6) is -2.38. The molecule has 0 heterocycles. The van der Waals surface area contributed by atoms with E-state index in [2.05, 4.69) is 0 Å². The number of halogens is 3. The SMILES string of the molecule is CC1C2CC(C1C)C(C(=O)OC13CC4(O)CC(O)(CC(O)(C4)C1)C3)(C(F)(F)F)C2. The van der Waals surface area contributed by atoms with Crippen molar-refractivity contribution in [2.75, 3.05) is 0 Å². The minimum absolute atomic E-state index is 0.0374. The molecule has 8 heteroatoms. The molecular weight excluding hydrogens is 389 g/mol. The number of hydrogen-bond acceptors (Lipinski definition) is 5. The summed E-state index contributed by atoms with van der Waals surface area (Å²) in [6.45, 7) is 3.72. The van der Waals surface area contributed by atoms with Crippen LogP contribution in [0.3, 0.4) is 0 Å². The van der Waals surface area contributed by atoms with Gasteiger partial charge in [0.1, 0.15) is 5.60 Å². The molecule has 0 aromatic heterocycles. The Morgan fingerprint density at radius 3 is 1.76 bits per heavy atom. The first-order valence-corrected chi connectivity index (χ1v) is 10.6. The van der Waals surface area contributed by atoms with Gasteiger partial charge in [-0.2, -0.15) is 13.2 Å². The maximum atomic E-state index is 14.4. The second kappa shape index (κ2) is 5.30. The zero-order valence-corrected chi connectivity index (χ0v) is 16.8.